The van der Waals surface area contributed by atoms with Crippen molar-refractivity contribution in [2.24, 2.45) is 7.05 Å². The van der Waals surface area contributed by atoms with Crippen molar-refractivity contribution in [1.29, 1.82) is 0 Å². The fourth-order valence-corrected chi connectivity index (χ4v) is 3.53. The van der Waals surface area contributed by atoms with E-state index in [2.05, 4.69) is 20.4 Å². The Balaban J connectivity index is 1.65. The molecule has 0 aliphatic heterocycles. The number of aryl methyl sites for hydroxylation is 1. The zero-order valence-corrected chi connectivity index (χ0v) is 17.3. The second-order valence-corrected chi connectivity index (χ2v) is 7.45. The summed E-state index contributed by atoms with van der Waals surface area (Å²) in [4.78, 5) is 32.1. The number of nitro groups is 1. The summed E-state index contributed by atoms with van der Waals surface area (Å²) in [7, 11) is 3.34. The smallest absolute Gasteiger partial charge is 0.324 e. The van der Waals surface area contributed by atoms with E-state index in [-0.39, 0.29) is 15.7 Å². The van der Waals surface area contributed by atoms with Gasteiger partial charge in [0.05, 0.1) is 28.5 Å². The second-order valence-electron chi connectivity index (χ2n) is 6.39. The molecule has 0 saturated heterocycles. The van der Waals surface area contributed by atoms with Crippen molar-refractivity contribution in [1.82, 2.24) is 19.7 Å². The number of hydrogen-bond donors (Lipinski definition) is 1. The molecule has 3 aromatic heterocycles. The Morgan fingerprint density at radius 1 is 1.19 bits per heavy atom. The van der Waals surface area contributed by atoms with Gasteiger partial charge in [0.1, 0.15) is 11.6 Å². The van der Waals surface area contributed by atoms with Crippen molar-refractivity contribution < 1.29 is 14.5 Å². The molecule has 0 aliphatic carbocycles. The van der Waals surface area contributed by atoms with E-state index in [1.165, 1.54) is 12.1 Å². The van der Waals surface area contributed by atoms with E-state index in [4.69, 9.17) is 4.74 Å². The maximum atomic E-state index is 12.6. The van der Waals surface area contributed by atoms with Gasteiger partial charge in [-0.1, -0.05) is 29.5 Å². The van der Waals surface area contributed by atoms with Crippen molar-refractivity contribution in [3.05, 3.63) is 69.0 Å². The highest BCUT2D eigenvalue weighted by molar-refractivity contribution is 7.17. The standard InChI is InChI=1S/C20H16N6O4S/c1-25-19-14(11-21-25)18(24-20(27)15-8-10-17(31-15)26(28)29)22-16(23-19)9-5-12-3-6-13(30-2)7-4-12/h3-11H,1-2H3,(H,22,23,24,27)/b9-5+. The van der Waals surface area contributed by atoms with Crippen LogP contribution in [0.2, 0.25) is 0 Å². The second kappa shape index (κ2) is 8.32. The molecular weight excluding hydrogens is 420 g/mol. The Hall–Kier alpha value is -4.12. The Morgan fingerprint density at radius 3 is 2.65 bits per heavy atom. The lowest BCUT2D eigenvalue weighted by atomic mass is 10.2. The van der Waals surface area contributed by atoms with Crippen molar-refractivity contribution in [3.63, 3.8) is 0 Å². The first-order valence-electron chi connectivity index (χ1n) is 9.02. The van der Waals surface area contributed by atoms with Crippen LogP contribution in [0.1, 0.15) is 21.1 Å². The van der Waals surface area contributed by atoms with Gasteiger partial charge in [0, 0.05) is 13.1 Å². The Labute approximate surface area is 180 Å². The molecule has 0 atom stereocenters. The van der Waals surface area contributed by atoms with Crippen molar-refractivity contribution in [2.45, 2.75) is 0 Å². The van der Waals surface area contributed by atoms with Gasteiger partial charge in [-0.05, 0) is 29.8 Å². The number of hydrogen-bond acceptors (Lipinski definition) is 8. The lowest BCUT2D eigenvalue weighted by molar-refractivity contribution is -0.380. The van der Waals surface area contributed by atoms with Crippen LogP contribution in [0.5, 0.6) is 5.75 Å². The molecular formula is C20H16N6O4S. The number of fused-ring (bicyclic) bond motifs is 1. The summed E-state index contributed by atoms with van der Waals surface area (Å²) in [5, 5.41) is 18.2. The Morgan fingerprint density at radius 2 is 1.97 bits per heavy atom. The van der Waals surface area contributed by atoms with Crippen molar-refractivity contribution in [3.8, 4) is 5.75 Å². The molecule has 31 heavy (non-hydrogen) atoms. The summed E-state index contributed by atoms with van der Waals surface area (Å²) in [5.74, 6) is 0.906. The third-order valence-electron chi connectivity index (χ3n) is 4.38. The topological polar surface area (TPSA) is 125 Å². The number of nitrogens with zero attached hydrogens (tertiary/aromatic N) is 5. The first-order valence-corrected chi connectivity index (χ1v) is 9.83. The highest BCUT2D eigenvalue weighted by atomic mass is 32.1. The molecule has 1 aromatic carbocycles. The molecule has 4 rings (SSSR count). The van der Waals surface area contributed by atoms with Crippen LogP contribution in [-0.4, -0.2) is 37.7 Å². The van der Waals surface area contributed by atoms with Crippen LogP contribution >= 0.6 is 11.3 Å². The summed E-state index contributed by atoms with van der Waals surface area (Å²) < 4.78 is 6.73. The molecule has 10 nitrogen and oxygen atoms in total. The van der Waals surface area contributed by atoms with Gasteiger partial charge in [0.2, 0.25) is 0 Å². The first-order chi connectivity index (χ1) is 14.9. The van der Waals surface area contributed by atoms with Gasteiger partial charge >= 0.3 is 5.00 Å². The number of carbonyl (C=O) groups is 1. The molecule has 0 saturated carbocycles. The minimum absolute atomic E-state index is 0.109. The SMILES string of the molecule is COc1ccc(/C=C/c2nc(NC(=O)c3ccc([N+](=O)[O-])s3)c3cnn(C)c3n2)cc1. The van der Waals surface area contributed by atoms with Gasteiger partial charge in [-0.25, -0.2) is 9.97 Å². The summed E-state index contributed by atoms with van der Waals surface area (Å²) in [6.45, 7) is 0. The fourth-order valence-electron chi connectivity index (χ4n) is 2.81. The van der Waals surface area contributed by atoms with Gasteiger partial charge in [0.25, 0.3) is 5.91 Å². The molecule has 0 spiro atoms. The number of benzene rings is 1. The van der Waals surface area contributed by atoms with Crippen LogP contribution in [-0.2, 0) is 7.05 Å². The molecule has 11 heteroatoms. The number of thiophene rings is 1. The first kappa shape index (κ1) is 20.2. The molecule has 3 heterocycles. The maximum absolute atomic E-state index is 12.6. The van der Waals surface area contributed by atoms with Crippen LogP contribution in [0, 0.1) is 10.1 Å². The highest BCUT2D eigenvalue weighted by Crippen LogP contribution is 2.26. The maximum Gasteiger partial charge on any atom is 0.324 e. The lowest BCUT2D eigenvalue weighted by Crippen LogP contribution is -2.12. The van der Waals surface area contributed by atoms with Crippen LogP contribution in [0.4, 0.5) is 10.8 Å². The number of methoxy groups -OCH3 is 1. The van der Waals surface area contributed by atoms with Crippen LogP contribution < -0.4 is 10.1 Å². The number of ether oxygens (including phenoxy) is 1. The summed E-state index contributed by atoms with van der Waals surface area (Å²) in [5.41, 5.74) is 1.46. The molecule has 4 aromatic rings. The van der Waals surface area contributed by atoms with Gasteiger partial charge in [0.15, 0.2) is 11.5 Å². The van der Waals surface area contributed by atoms with E-state index >= 15 is 0 Å². The zero-order valence-electron chi connectivity index (χ0n) is 16.5. The molecule has 1 N–H and O–H groups in total. The van der Waals surface area contributed by atoms with Gasteiger partial charge in [-0.3, -0.25) is 19.6 Å². The quantitative estimate of drug-likeness (QED) is 0.360. The largest absolute Gasteiger partial charge is 0.497 e. The van der Waals surface area contributed by atoms with E-state index in [0.717, 1.165) is 22.6 Å². The van der Waals surface area contributed by atoms with Gasteiger partial charge in [-0.2, -0.15) is 5.10 Å². The molecule has 0 unspecified atom stereocenters. The van der Waals surface area contributed by atoms with E-state index in [1.807, 2.05) is 30.3 Å². The predicted octanol–water partition coefficient (Wildman–Crippen LogP) is 3.76. The van der Waals surface area contributed by atoms with Crippen LogP contribution in [0.3, 0.4) is 0 Å². The Bertz CT molecular complexity index is 1310. The number of anilines is 1. The summed E-state index contributed by atoms with van der Waals surface area (Å²) >= 11 is 0.794. The van der Waals surface area contributed by atoms with Gasteiger partial charge < -0.3 is 10.1 Å². The van der Waals surface area contributed by atoms with E-state index in [1.54, 1.807) is 31.1 Å². The molecule has 1 amide bonds. The predicted molar refractivity (Wildman–Crippen MR) is 117 cm³/mol. The molecule has 0 bridgehead atoms. The molecule has 0 fully saturated rings. The number of amides is 1. The van der Waals surface area contributed by atoms with Crippen molar-refractivity contribution in [2.75, 3.05) is 12.4 Å². The number of nitrogens with one attached hydrogen (secondary N) is 1. The lowest BCUT2D eigenvalue weighted by Gasteiger charge is -2.06. The normalized spacial score (nSPS) is 11.2. The van der Waals surface area contributed by atoms with Crippen LogP contribution in [0.15, 0.2) is 42.6 Å². The molecule has 0 aliphatic rings. The van der Waals surface area contributed by atoms with Gasteiger partial charge in [-0.15, -0.1) is 0 Å². The van der Waals surface area contributed by atoms with Crippen LogP contribution in [0.25, 0.3) is 23.2 Å². The van der Waals surface area contributed by atoms with E-state index < -0.39 is 10.8 Å². The highest BCUT2D eigenvalue weighted by Gasteiger charge is 2.18. The average molecular weight is 436 g/mol. The van der Waals surface area contributed by atoms with Crippen molar-refractivity contribution >= 4 is 51.2 Å². The fraction of sp³-hybridized carbons (Fsp3) is 0.100. The van der Waals surface area contributed by atoms with E-state index in [9.17, 15) is 14.9 Å². The molecule has 156 valence electrons. The third-order valence-corrected chi connectivity index (χ3v) is 5.41. The molecule has 0 radical (unpaired) electrons. The number of carbonyl (C=O) groups excluding carboxylic acids is 1. The monoisotopic (exact) mass is 436 g/mol. The minimum Gasteiger partial charge on any atom is -0.497 e. The Kier molecular flexibility index (Phi) is 5.41. The summed E-state index contributed by atoms with van der Waals surface area (Å²) in [6.07, 6.45) is 5.11. The average Bonchev–Trinajstić information content (AvgIpc) is 3.41. The summed E-state index contributed by atoms with van der Waals surface area (Å²) in [6, 6.07) is 10.2. The number of aromatic nitrogens is 4. The van der Waals surface area contributed by atoms with E-state index in [0.29, 0.717) is 16.9 Å². The third kappa shape index (κ3) is 4.26. The zero-order chi connectivity index (χ0) is 22.0. The number of rotatable bonds is 6. The minimum atomic E-state index is -0.534.